The number of aromatic nitrogens is 2. The summed E-state index contributed by atoms with van der Waals surface area (Å²) in [4.78, 5) is 20.8. The summed E-state index contributed by atoms with van der Waals surface area (Å²) in [5.41, 5.74) is 2.15. The molecule has 2 aromatic carbocycles. The molecule has 1 amide bonds. The highest BCUT2D eigenvalue weighted by Crippen LogP contribution is 2.19. The molecule has 1 saturated heterocycles. The quantitative estimate of drug-likeness (QED) is 0.328. The van der Waals surface area contributed by atoms with E-state index in [2.05, 4.69) is 57.9 Å². The van der Waals surface area contributed by atoms with E-state index in [0.29, 0.717) is 13.1 Å². The molecule has 0 unspecified atom stereocenters. The van der Waals surface area contributed by atoms with Crippen LogP contribution in [0.3, 0.4) is 0 Å². The Bertz CT molecular complexity index is 1040. The predicted molar refractivity (Wildman–Crippen MR) is 132 cm³/mol. The van der Waals surface area contributed by atoms with E-state index in [1.807, 2.05) is 18.1 Å². The minimum absolute atomic E-state index is 0. The molecular formula is C22H27IN6O. The summed E-state index contributed by atoms with van der Waals surface area (Å²) in [5, 5.41) is 10.1. The normalized spacial score (nSPS) is 14.7. The van der Waals surface area contributed by atoms with E-state index in [1.54, 1.807) is 22.8 Å². The molecule has 0 saturated carbocycles. The van der Waals surface area contributed by atoms with Gasteiger partial charge < -0.3 is 15.1 Å². The van der Waals surface area contributed by atoms with Crippen molar-refractivity contribution < 1.29 is 4.79 Å². The summed E-state index contributed by atoms with van der Waals surface area (Å²) in [5.74, 6) is 0.825. The van der Waals surface area contributed by atoms with Crippen LogP contribution in [0.5, 0.6) is 0 Å². The van der Waals surface area contributed by atoms with Gasteiger partial charge in [-0.15, -0.1) is 24.0 Å². The number of guanidine groups is 1. The first-order valence-electron chi connectivity index (χ1n) is 9.87. The van der Waals surface area contributed by atoms with Crippen molar-refractivity contribution in [2.75, 3.05) is 38.1 Å². The minimum atomic E-state index is 0. The van der Waals surface area contributed by atoms with E-state index in [1.165, 1.54) is 16.3 Å². The van der Waals surface area contributed by atoms with Crippen molar-refractivity contribution in [3.05, 3.63) is 60.4 Å². The van der Waals surface area contributed by atoms with Gasteiger partial charge in [0.2, 0.25) is 5.91 Å². The van der Waals surface area contributed by atoms with Crippen LogP contribution in [-0.2, 0) is 18.3 Å². The number of amides is 1. The van der Waals surface area contributed by atoms with Gasteiger partial charge in [0, 0.05) is 39.9 Å². The van der Waals surface area contributed by atoms with Crippen molar-refractivity contribution in [2.24, 2.45) is 12.0 Å². The average Bonchev–Trinajstić information content (AvgIpc) is 3.17. The number of fused-ring (bicyclic) bond motifs is 1. The zero-order valence-corrected chi connectivity index (χ0v) is 19.6. The van der Waals surface area contributed by atoms with Crippen molar-refractivity contribution in [3.8, 4) is 0 Å². The Balaban J connectivity index is 0.00000256. The summed E-state index contributed by atoms with van der Waals surface area (Å²) in [6, 6.07) is 14.8. The number of hydrogen-bond donors (Lipinski definition) is 1. The monoisotopic (exact) mass is 518 g/mol. The van der Waals surface area contributed by atoms with Gasteiger partial charge in [0.1, 0.15) is 6.54 Å². The number of rotatable bonds is 4. The van der Waals surface area contributed by atoms with Gasteiger partial charge in [-0.2, -0.15) is 5.10 Å². The van der Waals surface area contributed by atoms with Crippen LogP contribution < -0.4 is 10.2 Å². The standard InChI is InChI=1S/C22H26N6O.HI/c1-23-22(24-11-10-18-8-5-7-17-6-3-4-9-20(17)18)27-12-13-28(21(29)16-27)19-14-25-26(2)15-19;/h3-9,14-15H,10-13,16H2,1-2H3,(H,23,24);1H. The molecule has 1 fully saturated rings. The number of nitrogens with one attached hydrogen (secondary N) is 1. The molecule has 1 aromatic heterocycles. The topological polar surface area (TPSA) is 65.8 Å². The van der Waals surface area contributed by atoms with Crippen LogP contribution in [0.25, 0.3) is 10.8 Å². The molecule has 0 atom stereocenters. The molecule has 30 heavy (non-hydrogen) atoms. The Morgan fingerprint density at radius 2 is 1.97 bits per heavy atom. The highest BCUT2D eigenvalue weighted by atomic mass is 127. The number of nitrogens with zero attached hydrogens (tertiary/aromatic N) is 5. The molecule has 1 N–H and O–H groups in total. The van der Waals surface area contributed by atoms with Crippen LogP contribution in [-0.4, -0.2) is 59.8 Å². The third-order valence-corrected chi connectivity index (χ3v) is 5.29. The van der Waals surface area contributed by atoms with Gasteiger partial charge in [-0.1, -0.05) is 42.5 Å². The maximum Gasteiger partial charge on any atom is 0.246 e. The fourth-order valence-electron chi connectivity index (χ4n) is 3.83. The van der Waals surface area contributed by atoms with Crippen LogP contribution in [0.4, 0.5) is 5.69 Å². The molecule has 158 valence electrons. The highest BCUT2D eigenvalue weighted by molar-refractivity contribution is 14.0. The first-order valence-corrected chi connectivity index (χ1v) is 9.87. The van der Waals surface area contributed by atoms with E-state index in [9.17, 15) is 4.79 Å². The van der Waals surface area contributed by atoms with Crippen molar-refractivity contribution in [1.82, 2.24) is 20.0 Å². The van der Waals surface area contributed by atoms with E-state index in [-0.39, 0.29) is 29.9 Å². The number of aryl methyl sites for hydroxylation is 1. The number of carbonyl (C=O) groups is 1. The number of anilines is 1. The lowest BCUT2D eigenvalue weighted by molar-refractivity contribution is -0.120. The largest absolute Gasteiger partial charge is 0.356 e. The number of hydrogen-bond acceptors (Lipinski definition) is 3. The summed E-state index contributed by atoms with van der Waals surface area (Å²) >= 11 is 0. The second-order valence-corrected chi connectivity index (χ2v) is 7.20. The van der Waals surface area contributed by atoms with Crippen LogP contribution in [0, 0.1) is 0 Å². The fourth-order valence-corrected chi connectivity index (χ4v) is 3.83. The molecule has 1 aliphatic heterocycles. The van der Waals surface area contributed by atoms with Gasteiger partial charge in [0.05, 0.1) is 11.9 Å². The second-order valence-electron chi connectivity index (χ2n) is 7.20. The van der Waals surface area contributed by atoms with Crippen molar-refractivity contribution >= 4 is 52.3 Å². The SMILES string of the molecule is CN=C(NCCc1cccc2ccccc12)N1CCN(c2cnn(C)c2)C(=O)C1.I. The zero-order valence-electron chi connectivity index (χ0n) is 17.3. The highest BCUT2D eigenvalue weighted by Gasteiger charge is 2.27. The summed E-state index contributed by atoms with van der Waals surface area (Å²) in [7, 11) is 3.62. The number of aliphatic imine (C=N–C) groups is 1. The smallest absolute Gasteiger partial charge is 0.246 e. The molecule has 0 bridgehead atoms. The minimum Gasteiger partial charge on any atom is -0.356 e. The predicted octanol–water partition coefficient (Wildman–Crippen LogP) is 2.66. The number of benzene rings is 2. The molecule has 4 rings (SSSR count). The van der Waals surface area contributed by atoms with Gasteiger partial charge in [0.15, 0.2) is 5.96 Å². The van der Waals surface area contributed by atoms with Crippen molar-refractivity contribution in [2.45, 2.75) is 6.42 Å². The van der Waals surface area contributed by atoms with E-state index in [4.69, 9.17) is 0 Å². The summed E-state index contributed by atoms with van der Waals surface area (Å²) < 4.78 is 1.71. The number of carbonyl (C=O) groups excluding carboxylic acids is 1. The lowest BCUT2D eigenvalue weighted by atomic mass is 10.0. The Hall–Kier alpha value is -2.62. The molecular weight excluding hydrogens is 491 g/mol. The molecule has 0 spiro atoms. The Morgan fingerprint density at radius 3 is 2.70 bits per heavy atom. The second kappa shape index (κ2) is 9.92. The first kappa shape index (κ1) is 22.1. The van der Waals surface area contributed by atoms with Gasteiger partial charge in [0.25, 0.3) is 0 Å². The molecule has 7 nitrogen and oxygen atoms in total. The maximum absolute atomic E-state index is 12.6. The van der Waals surface area contributed by atoms with E-state index in [0.717, 1.165) is 31.2 Å². The number of halogens is 1. The van der Waals surface area contributed by atoms with E-state index < -0.39 is 0 Å². The first-order chi connectivity index (χ1) is 14.2. The van der Waals surface area contributed by atoms with Crippen molar-refractivity contribution in [3.63, 3.8) is 0 Å². The van der Waals surface area contributed by atoms with E-state index >= 15 is 0 Å². The third-order valence-electron chi connectivity index (χ3n) is 5.29. The van der Waals surface area contributed by atoms with Crippen LogP contribution >= 0.6 is 24.0 Å². The average molecular weight is 518 g/mol. The van der Waals surface area contributed by atoms with Crippen LogP contribution in [0.1, 0.15) is 5.56 Å². The lowest BCUT2D eigenvalue weighted by Crippen LogP contribution is -2.55. The Morgan fingerprint density at radius 1 is 1.17 bits per heavy atom. The zero-order chi connectivity index (χ0) is 20.2. The maximum atomic E-state index is 12.6. The van der Waals surface area contributed by atoms with Crippen molar-refractivity contribution in [1.29, 1.82) is 0 Å². The Labute approximate surface area is 193 Å². The van der Waals surface area contributed by atoms with Gasteiger partial charge in [-0.3, -0.25) is 14.5 Å². The Kier molecular flexibility index (Phi) is 7.30. The molecule has 8 heteroatoms. The fraction of sp³-hybridized carbons (Fsp3) is 0.318. The number of piperazine rings is 1. The van der Waals surface area contributed by atoms with Gasteiger partial charge >= 0.3 is 0 Å². The lowest BCUT2D eigenvalue weighted by Gasteiger charge is -2.35. The van der Waals surface area contributed by atoms with Gasteiger partial charge in [-0.25, -0.2) is 0 Å². The molecule has 0 radical (unpaired) electrons. The molecule has 1 aliphatic rings. The third kappa shape index (κ3) is 4.75. The summed E-state index contributed by atoms with van der Waals surface area (Å²) in [6.45, 7) is 2.42. The molecule has 3 aromatic rings. The molecule has 0 aliphatic carbocycles. The molecule has 2 heterocycles. The van der Waals surface area contributed by atoms with Crippen LogP contribution in [0.15, 0.2) is 59.9 Å². The van der Waals surface area contributed by atoms with Gasteiger partial charge in [-0.05, 0) is 22.8 Å². The summed E-state index contributed by atoms with van der Waals surface area (Å²) in [6.07, 6.45) is 4.49. The van der Waals surface area contributed by atoms with Crippen LogP contribution in [0.2, 0.25) is 0 Å².